The van der Waals surface area contributed by atoms with Gasteiger partial charge < -0.3 is 9.30 Å². The first kappa shape index (κ1) is 10.7. The Hall–Kier alpha value is -1.77. The Morgan fingerprint density at radius 1 is 1.44 bits per heavy atom. The van der Waals surface area contributed by atoms with Gasteiger partial charge in [-0.2, -0.15) is 0 Å². The predicted molar refractivity (Wildman–Crippen MR) is 64.2 cm³/mol. The molecule has 2 aromatic rings. The number of rotatable bonds is 4. The Balaban J connectivity index is 2.64. The maximum absolute atomic E-state index is 11.0. The van der Waals surface area contributed by atoms with Gasteiger partial charge in [0.15, 0.2) is 6.29 Å². The zero-order valence-electron chi connectivity index (χ0n) is 9.56. The number of aryl methyl sites for hydroxylation is 1. The normalized spacial score (nSPS) is 10.6. The third kappa shape index (κ3) is 1.69. The summed E-state index contributed by atoms with van der Waals surface area (Å²) in [5, 5.41) is 0.961. The summed E-state index contributed by atoms with van der Waals surface area (Å²) in [7, 11) is 1.63. The Morgan fingerprint density at radius 2 is 2.25 bits per heavy atom. The minimum absolute atomic E-state index is 0.724. The second kappa shape index (κ2) is 4.39. The fourth-order valence-corrected chi connectivity index (χ4v) is 1.95. The molecule has 0 unspecified atom stereocenters. The molecule has 3 nitrogen and oxygen atoms in total. The molecule has 0 atom stereocenters. The van der Waals surface area contributed by atoms with Crippen molar-refractivity contribution in [2.75, 3.05) is 7.11 Å². The van der Waals surface area contributed by atoms with Crippen molar-refractivity contribution in [1.82, 2.24) is 4.57 Å². The first-order valence-corrected chi connectivity index (χ1v) is 5.42. The second-order valence-corrected chi connectivity index (χ2v) is 3.78. The number of hydrogen-bond acceptors (Lipinski definition) is 2. The van der Waals surface area contributed by atoms with Crippen LogP contribution in [-0.4, -0.2) is 18.0 Å². The molecule has 0 bridgehead atoms. The van der Waals surface area contributed by atoms with Crippen LogP contribution in [0.4, 0.5) is 0 Å². The number of aromatic nitrogens is 1. The molecule has 1 aromatic carbocycles. The summed E-state index contributed by atoms with van der Waals surface area (Å²) in [5.74, 6) is 0.782. The number of carbonyl (C=O) groups is 1. The van der Waals surface area contributed by atoms with E-state index < -0.39 is 0 Å². The van der Waals surface area contributed by atoms with Crippen LogP contribution in [0, 0.1) is 0 Å². The van der Waals surface area contributed by atoms with Crippen LogP contribution in [0.1, 0.15) is 23.7 Å². The highest BCUT2D eigenvalue weighted by Crippen LogP contribution is 2.25. The molecule has 0 aliphatic carbocycles. The number of aldehydes is 1. The van der Waals surface area contributed by atoms with Gasteiger partial charge in [0, 0.05) is 29.2 Å². The van der Waals surface area contributed by atoms with Crippen LogP contribution < -0.4 is 4.74 Å². The molecule has 0 spiro atoms. The SMILES string of the molecule is CCCn1cc(C=O)c2cc(OC)ccc21. The van der Waals surface area contributed by atoms with E-state index in [9.17, 15) is 4.79 Å². The molecule has 0 saturated heterocycles. The van der Waals surface area contributed by atoms with Crippen molar-refractivity contribution in [3.05, 3.63) is 30.0 Å². The summed E-state index contributed by atoms with van der Waals surface area (Å²) in [6, 6.07) is 5.82. The van der Waals surface area contributed by atoms with Crippen LogP contribution in [0.5, 0.6) is 5.75 Å². The molecule has 0 amide bonds. The van der Waals surface area contributed by atoms with Crippen LogP contribution in [0.2, 0.25) is 0 Å². The fourth-order valence-electron chi connectivity index (χ4n) is 1.95. The minimum Gasteiger partial charge on any atom is -0.497 e. The van der Waals surface area contributed by atoms with E-state index in [1.165, 1.54) is 0 Å². The molecule has 16 heavy (non-hydrogen) atoms. The molecule has 84 valence electrons. The second-order valence-electron chi connectivity index (χ2n) is 3.78. The monoisotopic (exact) mass is 217 g/mol. The van der Waals surface area contributed by atoms with E-state index in [1.54, 1.807) is 7.11 Å². The summed E-state index contributed by atoms with van der Waals surface area (Å²) in [6.45, 7) is 3.05. The predicted octanol–water partition coefficient (Wildman–Crippen LogP) is 2.87. The van der Waals surface area contributed by atoms with Crippen molar-refractivity contribution in [1.29, 1.82) is 0 Å². The van der Waals surface area contributed by atoms with Crippen molar-refractivity contribution in [3.8, 4) is 5.75 Å². The molecule has 0 saturated carbocycles. The van der Waals surface area contributed by atoms with Crippen molar-refractivity contribution in [2.24, 2.45) is 0 Å². The highest BCUT2D eigenvalue weighted by atomic mass is 16.5. The van der Waals surface area contributed by atoms with Crippen LogP contribution in [0.3, 0.4) is 0 Å². The van der Waals surface area contributed by atoms with Gasteiger partial charge in [0.25, 0.3) is 0 Å². The molecule has 0 radical (unpaired) electrons. The smallest absolute Gasteiger partial charge is 0.152 e. The molecule has 3 heteroatoms. The lowest BCUT2D eigenvalue weighted by atomic mass is 10.2. The summed E-state index contributed by atoms with van der Waals surface area (Å²) in [6.07, 6.45) is 3.85. The van der Waals surface area contributed by atoms with Gasteiger partial charge in [-0.05, 0) is 24.6 Å². The van der Waals surface area contributed by atoms with Crippen molar-refractivity contribution in [2.45, 2.75) is 19.9 Å². The molecular formula is C13H15NO2. The van der Waals surface area contributed by atoms with Gasteiger partial charge in [-0.25, -0.2) is 0 Å². The van der Waals surface area contributed by atoms with Crippen LogP contribution in [0.25, 0.3) is 10.9 Å². The number of benzene rings is 1. The quantitative estimate of drug-likeness (QED) is 0.737. The van der Waals surface area contributed by atoms with E-state index in [-0.39, 0.29) is 0 Å². The summed E-state index contributed by atoms with van der Waals surface area (Å²) in [4.78, 5) is 11.0. The highest BCUT2D eigenvalue weighted by molar-refractivity contribution is 5.98. The Bertz CT molecular complexity index is 514. The molecule has 0 fully saturated rings. The van der Waals surface area contributed by atoms with Crippen LogP contribution in [-0.2, 0) is 6.54 Å². The molecule has 0 N–H and O–H groups in total. The lowest BCUT2D eigenvalue weighted by molar-refractivity contribution is 0.112. The van der Waals surface area contributed by atoms with Crippen molar-refractivity contribution < 1.29 is 9.53 Å². The zero-order chi connectivity index (χ0) is 11.5. The number of fused-ring (bicyclic) bond motifs is 1. The first-order chi connectivity index (χ1) is 7.80. The standard InChI is InChI=1S/C13H15NO2/c1-3-6-14-8-10(9-15)12-7-11(16-2)4-5-13(12)14/h4-5,7-9H,3,6H2,1-2H3. The Kier molecular flexibility index (Phi) is 2.95. The third-order valence-corrected chi connectivity index (χ3v) is 2.71. The lowest BCUT2D eigenvalue weighted by Crippen LogP contribution is -1.93. The van der Waals surface area contributed by atoms with E-state index in [0.29, 0.717) is 0 Å². The van der Waals surface area contributed by atoms with E-state index in [2.05, 4.69) is 11.5 Å². The molecular weight excluding hydrogens is 202 g/mol. The van der Waals surface area contributed by atoms with Gasteiger partial charge in [-0.1, -0.05) is 6.92 Å². The fraction of sp³-hybridized carbons (Fsp3) is 0.308. The van der Waals surface area contributed by atoms with Gasteiger partial charge in [-0.3, -0.25) is 4.79 Å². The topological polar surface area (TPSA) is 31.2 Å². The average Bonchev–Trinajstić information content (AvgIpc) is 2.67. The van der Waals surface area contributed by atoms with E-state index >= 15 is 0 Å². The molecule has 0 aliphatic rings. The third-order valence-electron chi connectivity index (χ3n) is 2.71. The van der Waals surface area contributed by atoms with Gasteiger partial charge in [0.05, 0.1) is 7.11 Å². The van der Waals surface area contributed by atoms with Gasteiger partial charge in [-0.15, -0.1) is 0 Å². The average molecular weight is 217 g/mol. The number of ether oxygens (including phenoxy) is 1. The van der Waals surface area contributed by atoms with E-state index in [4.69, 9.17) is 4.74 Å². The largest absolute Gasteiger partial charge is 0.497 e. The number of carbonyl (C=O) groups excluding carboxylic acids is 1. The summed E-state index contributed by atoms with van der Waals surface area (Å²) >= 11 is 0. The lowest BCUT2D eigenvalue weighted by Gasteiger charge is -2.03. The van der Waals surface area contributed by atoms with Crippen LogP contribution in [0.15, 0.2) is 24.4 Å². The van der Waals surface area contributed by atoms with Gasteiger partial charge >= 0.3 is 0 Å². The van der Waals surface area contributed by atoms with E-state index in [0.717, 1.165) is 41.5 Å². The zero-order valence-corrected chi connectivity index (χ0v) is 9.56. The minimum atomic E-state index is 0.724. The Labute approximate surface area is 94.6 Å². The number of methoxy groups -OCH3 is 1. The maximum Gasteiger partial charge on any atom is 0.152 e. The highest BCUT2D eigenvalue weighted by Gasteiger charge is 2.08. The number of nitrogens with zero attached hydrogens (tertiary/aromatic N) is 1. The maximum atomic E-state index is 11.0. The van der Waals surface area contributed by atoms with Crippen LogP contribution >= 0.6 is 0 Å². The Morgan fingerprint density at radius 3 is 2.88 bits per heavy atom. The molecule has 1 heterocycles. The number of hydrogen-bond donors (Lipinski definition) is 0. The first-order valence-electron chi connectivity index (χ1n) is 5.42. The summed E-state index contributed by atoms with van der Waals surface area (Å²) in [5.41, 5.74) is 1.81. The molecule has 1 aromatic heterocycles. The summed E-state index contributed by atoms with van der Waals surface area (Å²) < 4.78 is 7.28. The van der Waals surface area contributed by atoms with Crippen molar-refractivity contribution in [3.63, 3.8) is 0 Å². The van der Waals surface area contributed by atoms with Crippen molar-refractivity contribution >= 4 is 17.2 Å². The molecule has 2 rings (SSSR count). The van der Waals surface area contributed by atoms with E-state index in [1.807, 2.05) is 24.4 Å². The van der Waals surface area contributed by atoms with Gasteiger partial charge in [0.2, 0.25) is 0 Å². The molecule has 0 aliphatic heterocycles. The van der Waals surface area contributed by atoms with Gasteiger partial charge in [0.1, 0.15) is 5.75 Å².